The molecule has 2 N–H and O–H groups in total. The van der Waals surface area contributed by atoms with Gasteiger partial charge in [-0.15, -0.1) is 0 Å². The Balaban J connectivity index is 2.00. The van der Waals surface area contributed by atoms with Crippen molar-refractivity contribution in [2.45, 2.75) is 12.8 Å². The fraction of sp³-hybridized carbons (Fsp3) is 0.125. The van der Waals surface area contributed by atoms with Crippen LogP contribution < -0.4 is 5.32 Å². The fourth-order valence-corrected chi connectivity index (χ4v) is 2.53. The normalized spacial score (nSPS) is 10.3. The van der Waals surface area contributed by atoms with Crippen LogP contribution in [0.5, 0.6) is 0 Å². The Kier molecular flexibility index (Phi) is 5.57. The van der Waals surface area contributed by atoms with Crippen molar-refractivity contribution in [2.24, 2.45) is 0 Å². The third-order valence-corrected chi connectivity index (χ3v) is 3.84. The first-order valence-corrected chi connectivity index (χ1v) is 7.70. The molecule has 0 radical (unpaired) electrons. The minimum Gasteiger partial charge on any atom is -0.478 e. The Morgan fingerprint density at radius 3 is 2.64 bits per heavy atom. The summed E-state index contributed by atoms with van der Waals surface area (Å²) in [7, 11) is 0. The van der Waals surface area contributed by atoms with Gasteiger partial charge in [0, 0.05) is 10.9 Å². The second kappa shape index (κ2) is 7.42. The standard InChI is InChI=1S/C16H13BrClNO3/c17-12-3-1-2-10(8-12)4-7-15(20)19-14-9-11(16(21)22)5-6-13(14)18/h1-3,5-6,8-9H,4,7H2,(H,19,20)(H,21,22). The molecular weight excluding hydrogens is 370 g/mol. The lowest BCUT2D eigenvalue weighted by Crippen LogP contribution is -2.13. The number of carboxylic acid groups (broad SMARTS) is 1. The monoisotopic (exact) mass is 381 g/mol. The maximum Gasteiger partial charge on any atom is 0.335 e. The number of carboxylic acids is 1. The van der Waals surface area contributed by atoms with E-state index in [4.69, 9.17) is 16.7 Å². The zero-order chi connectivity index (χ0) is 16.1. The van der Waals surface area contributed by atoms with Gasteiger partial charge in [0.25, 0.3) is 0 Å². The van der Waals surface area contributed by atoms with Gasteiger partial charge in [-0.1, -0.05) is 39.7 Å². The first kappa shape index (κ1) is 16.5. The molecular formula is C16H13BrClNO3. The summed E-state index contributed by atoms with van der Waals surface area (Å²) in [6.07, 6.45) is 0.867. The number of rotatable bonds is 5. The van der Waals surface area contributed by atoms with Crippen LogP contribution in [0, 0.1) is 0 Å². The Labute approximate surface area is 141 Å². The number of anilines is 1. The molecule has 0 spiro atoms. The lowest BCUT2D eigenvalue weighted by atomic mass is 10.1. The average Bonchev–Trinajstić information content (AvgIpc) is 2.47. The summed E-state index contributed by atoms with van der Waals surface area (Å²) in [6.45, 7) is 0. The lowest BCUT2D eigenvalue weighted by molar-refractivity contribution is -0.116. The molecule has 0 saturated heterocycles. The minimum atomic E-state index is -1.07. The van der Waals surface area contributed by atoms with E-state index in [0.29, 0.717) is 17.1 Å². The topological polar surface area (TPSA) is 66.4 Å². The molecule has 0 aliphatic heterocycles. The molecule has 2 rings (SSSR count). The first-order chi connectivity index (χ1) is 10.5. The largest absolute Gasteiger partial charge is 0.478 e. The molecule has 0 fully saturated rings. The Hall–Kier alpha value is -1.85. The van der Waals surface area contributed by atoms with Crippen molar-refractivity contribution in [3.63, 3.8) is 0 Å². The molecule has 0 heterocycles. The second-order valence-corrected chi connectivity index (χ2v) is 6.00. The minimum absolute atomic E-state index is 0.0756. The van der Waals surface area contributed by atoms with Crippen molar-refractivity contribution in [1.29, 1.82) is 0 Å². The zero-order valence-electron chi connectivity index (χ0n) is 11.5. The maximum atomic E-state index is 12.0. The van der Waals surface area contributed by atoms with Crippen molar-refractivity contribution >= 4 is 45.1 Å². The van der Waals surface area contributed by atoms with E-state index in [0.717, 1.165) is 10.0 Å². The third kappa shape index (κ3) is 4.58. The number of halogens is 2. The summed E-state index contributed by atoms with van der Waals surface area (Å²) in [5.74, 6) is -1.29. The van der Waals surface area contributed by atoms with E-state index >= 15 is 0 Å². The SMILES string of the molecule is O=C(CCc1cccc(Br)c1)Nc1cc(C(=O)O)ccc1Cl. The van der Waals surface area contributed by atoms with Crippen LogP contribution in [0.1, 0.15) is 22.3 Å². The number of benzene rings is 2. The van der Waals surface area contributed by atoms with E-state index in [1.54, 1.807) is 0 Å². The number of hydrogen-bond acceptors (Lipinski definition) is 2. The molecule has 0 unspecified atom stereocenters. The van der Waals surface area contributed by atoms with Gasteiger partial charge in [0.2, 0.25) is 5.91 Å². The van der Waals surface area contributed by atoms with Gasteiger partial charge in [-0.3, -0.25) is 4.79 Å². The molecule has 0 aromatic heterocycles. The number of aryl methyl sites for hydroxylation is 1. The van der Waals surface area contributed by atoms with Crippen molar-refractivity contribution in [3.05, 3.63) is 63.1 Å². The van der Waals surface area contributed by atoms with E-state index in [-0.39, 0.29) is 17.9 Å². The van der Waals surface area contributed by atoms with Crippen molar-refractivity contribution in [3.8, 4) is 0 Å². The molecule has 0 bridgehead atoms. The average molecular weight is 383 g/mol. The smallest absolute Gasteiger partial charge is 0.335 e. The first-order valence-electron chi connectivity index (χ1n) is 6.53. The molecule has 1 amide bonds. The van der Waals surface area contributed by atoms with Gasteiger partial charge >= 0.3 is 5.97 Å². The number of nitrogens with one attached hydrogen (secondary N) is 1. The summed E-state index contributed by atoms with van der Waals surface area (Å²) >= 11 is 9.35. The number of carbonyl (C=O) groups excluding carboxylic acids is 1. The predicted molar refractivity (Wildman–Crippen MR) is 89.5 cm³/mol. The van der Waals surface area contributed by atoms with Crippen LogP contribution >= 0.6 is 27.5 Å². The van der Waals surface area contributed by atoms with E-state index in [1.807, 2.05) is 24.3 Å². The van der Waals surface area contributed by atoms with Crippen molar-refractivity contribution in [2.75, 3.05) is 5.32 Å². The van der Waals surface area contributed by atoms with Gasteiger partial charge in [-0.2, -0.15) is 0 Å². The number of hydrogen-bond donors (Lipinski definition) is 2. The number of carbonyl (C=O) groups is 2. The highest BCUT2D eigenvalue weighted by Crippen LogP contribution is 2.23. The quantitative estimate of drug-likeness (QED) is 0.807. The zero-order valence-corrected chi connectivity index (χ0v) is 13.8. The molecule has 0 atom stereocenters. The van der Waals surface area contributed by atoms with Crippen LogP contribution in [0.25, 0.3) is 0 Å². The highest BCUT2D eigenvalue weighted by Gasteiger charge is 2.10. The van der Waals surface area contributed by atoms with Crippen LogP contribution in [-0.4, -0.2) is 17.0 Å². The summed E-state index contributed by atoms with van der Waals surface area (Å²) in [5, 5.41) is 11.9. The Morgan fingerprint density at radius 1 is 1.18 bits per heavy atom. The van der Waals surface area contributed by atoms with Crippen LogP contribution in [0.15, 0.2) is 46.9 Å². The number of aromatic carboxylic acids is 1. The highest BCUT2D eigenvalue weighted by molar-refractivity contribution is 9.10. The summed E-state index contributed by atoms with van der Waals surface area (Å²) in [5.41, 5.74) is 1.42. The van der Waals surface area contributed by atoms with Gasteiger partial charge in [-0.05, 0) is 42.3 Å². The Bertz CT molecular complexity index is 718. The molecule has 22 heavy (non-hydrogen) atoms. The molecule has 0 aliphatic carbocycles. The van der Waals surface area contributed by atoms with E-state index in [9.17, 15) is 9.59 Å². The summed E-state index contributed by atoms with van der Waals surface area (Å²) in [6, 6.07) is 11.9. The Morgan fingerprint density at radius 2 is 1.95 bits per heavy atom. The highest BCUT2D eigenvalue weighted by atomic mass is 79.9. The third-order valence-electron chi connectivity index (χ3n) is 3.02. The lowest BCUT2D eigenvalue weighted by Gasteiger charge is -2.08. The van der Waals surface area contributed by atoms with E-state index < -0.39 is 5.97 Å². The summed E-state index contributed by atoms with van der Waals surface area (Å²) < 4.78 is 0.961. The van der Waals surface area contributed by atoms with Crippen LogP contribution in [-0.2, 0) is 11.2 Å². The van der Waals surface area contributed by atoms with Crippen molar-refractivity contribution < 1.29 is 14.7 Å². The molecule has 114 valence electrons. The molecule has 2 aromatic carbocycles. The molecule has 0 saturated carbocycles. The maximum absolute atomic E-state index is 12.0. The van der Waals surface area contributed by atoms with Crippen LogP contribution in [0.4, 0.5) is 5.69 Å². The van der Waals surface area contributed by atoms with Crippen molar-refractivity contribution in [1.82, 2.24) is 0 Å². The van der Waals surface area contributed by atoms with Gasteiger partial charge in [-0.25, -0.2) is 4.79 Å². The molecule has 2 aromatic rings. The van der Waals surface area contributed by atoms with Gasteiger partial charge in [0.05, 0.1) is 16.3 Å². The second-order valence-electron chi connectivity index (χ2n) is 4.68. The fourth-order valence-electron chi connectivity index (χ4n) is 1.92. The van der Waals surface area contributed by atoms with Gasteiger partial charge in [0.15, 0.2) is 0 Å². The van der Waals surface area contributed by atoms with Crippen LogP contribution in [0.3, 0.4) is 0 Å². The molecule has 6 heteroatoms. The number of amides is 1. The van der Waals surface area contributed by atoms with E-state index in [2.05, 4.69) is 21.2 Å². The van der Waals surface area contributed by atoms with Crippen LogP contribution in [0.2, 0.25) is 5.02 Å². The predicted octanol–water partition coefficient (Wildman–Crippen LogP) is 4.37. The summed E-state index contributed by atoms with van der Waals surface area (Å²) in [4.78, 5) is 22.9. The van der Waals surface area contributed by atoms with Gasteiger partial charge < -0.3 is 10.4 Å². The molecule has 0 aliphatic rings. The van der Waals surface area contributed by atoms with E-state index in [1.165, 1.54) is 18.2 Å². The molecule has 4 nitrogen and oxygen atoms in total. The van der Waals surface area contributed by atoms with Gasteiger partial charge in [0.1, 0.15) is 0 Å².